The van der Waals surface area contributed by atoms with E-state index in [0.29, 0.717) is 24.6 Å². The van der Waals surface area contributed by atoms with Gasteiger partial charge in [-0.1, -0.05) is 30.7 Å². The average molecular weight is 667 g/mol. The van der Waals surface area contributed by atoms with Gasteiger partial charge >= 0.3 is 12.4 Å². The number of alkyl halides is 6. The van der Waals surface area contributed by atoms with Crippen molar-refractivity contribution in [1.29, 1.82) is 0 Å². The van der Waals surface area contributed by atoms with Crippen molar-refractivity contribution in [3.8, 4) is 0 Å². The van der Waals surface area contributed by atoms with Crippen molar-refractivity contribution in [2.45, 2.75) is 84.7 Å². The Labute approximate surface area is 252 Å². The summed E-state index contributed by atoms with van der Waals surface area (Å²) >= 11 is 0. The van der Waals surface area contributed by atoms with Crippen LogP contribution in [0.3, 0.4) is 0 Å². The molecular weight excluding hydrogens is 639 g/mol. The summed E-state index contributed by atoms with van der Waals surface area (Å²) < 4.78 is 162. The molecule has 45 heavy (non-hydrogen) atoms. The number of aliphatic hydroxyl groups excluding tert-OH is 1. The Kier molecular flexibility index (Phi) is 8.58. The molecule has 2 atom stereocenters. The Balaban J connectivity index is 1.72. The third-order valence-electron chi connectivity index (χ3n) is 8.88. The van der Waals surface area contributed by atoms with Crippen molar-refractivity contribution in [3.05, 3.63) is 100 Å². The standard InChI is InChI=1S/C31H27F9O4S/c32-20-8-10-22(11-9-20)45(42,43)28(14-13-21(41)16-28)19-7-12-25(23(15-19)18-3-1-4-18)29(30(35,36)37,31(38,39)40)44-17-24-26(33)5-2-6-27(24)34/h2,5-12,15,18,21,41H,1,3-4,13-14,16-17H2/t21-,28-/m0/s1. The lowest BCUT2D eigenvalue weighted by Crippen LogP contribution is -2.56. The molecule has 0 bridgehead atoms. The Morgan fingerprint density at radius 1 is 0.844 bits per heavy atom. The number of hydrogen-bond acceptors (Lipinski definition) is 4. The van der Waals surface area contributed by atoms with Gasteiger partial charge in [0.25, 0.3) is 5.60 Å². The molecule has 0 spiro atoms. The van der Waals surface area contributed by atoms with E-state index < -0.39 is 91.7 Å². The van der Waals surface area contributed by atoms with Crippen molar-refractivity contribution in [3.63, 3.8) is 0 Å². The number of hydrogen-bond donors (Lipinski definition) is 1. The van der Waals surface area contributed by atoms with E-state index in [1.54, 1.807) is 0 Å². The van der Waals surface area contributed by atoms with Gasteiger partial charge in [-0.3, -0.25) is 0 Å². The highest BCUT2D eigenvalue weighted by Gasteiger charge is 2.74. The van der Waals surface area contributed by atoms with Crippen LogP contribution in [-0.4, -0.2) is 32.0 Å². The summed E-state index contributed by atoms with van der Waals surface area (Å²) in [6.07, 6.45) is -13.4. The van der Waals surface area contributed by atoms with Crippen LogP contribution in [0.1, 0.15) is 66.7 Å². The fourth-order valence-electron chi connectivity index (χ4n) is 6.27. The molecule has 0 aliphatic heterocycles. The van der Waals surface area contributed by atoms with Gasteiger partial charge in [-0.25, -0.2) is 21.6 Å². The minimum atomic E-state index is -6.19. The van der Waals surface area contributed by atoms with E-state index >= 15 is 0 Å². The Bertz CT molecular complexity index is 1630. The van der Waals surface area contributed by atoms with Crippen molar-refractivity contribution in [2.75, 3.05) is 0 Å². The Morgan fingerprint density at radius 2 is 1.44 bits per heavy atom. The zero-order chi connectivity index (χ0) is 33.0. The Morgan fingerprint density at radius 3 is 1.93 bits per heavy atom. The molecule has 14 heteroatoms. The fraction of sp³-hybridized carbons (Fsp3) is 0.419. The second-order valence-electron chi connectivity index (χ2n) is 11.4. The summed E-state index contributed by atoms with van der Waals surface area (Å²) in [4.78, 5) is -0.345. The minimum absolute atomic E-state index is 0.0344. The lowest BCUT2D eigenvalue weighted by atomic mass is 9.73. The third-order valence-corrected chi connectivity index (χ3v) is 11.4. The van der Waals surface area contributed by atoms with E-state index in [4.69, 9.17) is 0 Å². The summed E-state index contributed by atoms with van der Waals surface area (Å²) in [6.45, 7) is -1.72. The molecule has 0 heterocycles. The number of sulfone groups is 1. The van der Waals surface area contributed by atoms with Gasteiger partial charge in [-0.15, -0.1) is 0 Å². The number of rotatable bonds is 8. The van der Waals surface area contributed by atoms with E-state index in [1.165, 1.54) is 0 Å². The lowest BCUT2D eigenvalue weighted by Gasteiger charge is -2.41. The normalized spacial score (nSPS) is 21.6. The van der Waals surface area contributed by atoms with Gasteiger partial charge in [0.15, 0.2) is 9.84 Å². The molecule has 4 nitrogen and oxygen atoms in total. The average Bonchev–Trinajstić information content (AvgIpc) is 3.32. The molecule has 244 valence electrons. The maximum absolute atomic E-state index is 14.8. The van der Waals surface area contributed by atoms with Gasteiger partial charge in [0.2, 0.25) is 0 Å². The Hall–Kier alpha value is -3.10. The first-order valence-corrected chi connectivity index (χ1v) is 15.5. The molecule has 3 aromatic rings. The summed E-state index contributed by atoms with van der Waals surface area (Å²) in [5.74, 6) is -4.40. The fourth-order valence-corrected chi connectivity index (χ4v) is 8.45. The maximum Gasteiger partial charge on any atom is 0.430 e. The highest BCUT2D eigenvalue weighted by molar-refractivity contribution is 7.92. The van der Waals surface area contributed by atoms with Gasteiger partial charge in [0.05, 0.1) is 17.6 Å². The second-order valence-corrected chi connectivity index (χ2v) is 13.7. The topological polar surface area (TPSA) is 63.6 Å². The number of aliphatic hydroxyl groups is 1. The third kappa shape index (κ3) is 5.52. The molecule has 0 unspecified atom stereocenters. The van der Waals surface area contributed by atoms with Crippen LogP contribution in [0, 0.1) is 17.5 Å². The van der Waals surface area contributed by atoms with Gasteiger partial charge in [-0.2, -0.15) is 26.3 Å². The predicted octanol–water partition coefficient (Wildman–Crippen LogP) is 8.12. The van der Waals surface area contributed by atoms with Crippen molar-refractivity contribution < 1.29 is 57.8 Å². The minimum Gasteiger partial charge on any atom is -0.393 e. The molecule has 1 N–H and O–H groups in total. The molecule has 2 aliphatic rings. The first kappa shape index (κ1) is 33.3. The molecule has 0 aromatic heterocycles. The van der Waals surface area contributed by atoms with Crippen molar-refractivity contribution in [1.82, 2.24) is 0 Å². The summed E-state index contributed by atoms with van der Waals surface area (Å²) in [7, 11) is -4.48. The van der Waals surface area contributed by atoms with Crippen LogP contribution in [0.2, 0.25) is 0 Å². The SMILES string of the molecule is O=S(=O)(c1ccc(F)cc1)[C@@]1(c2ccc(C(OCc3c(F)cccc3F)(C(F)(F)F)C(F)(F)F)c(C3CCC3)c2)CC[C@H](O)C1. The van der Waals surface area contributed by atoms with Crippen molar-refractivity contribution in [2.24, 2.45) is 0 Å². The summed E-state index contributed by atoms with van der Waals surface area (Å²) in [6, 6.07) is 8.31. The lowest BCUT2D eigenvalue weighted by molar-refractivity contribution is -0.393. The molecule has 2 fully saturated rings. The number of ether oxygens (including phenoxy) is 1. The van der Waals surface area contributed by atoms with Gasteiger partial charge in [-0.05, 0) is 85.5 Å². The summed E-state index contributed by atoms with van der Waals surface area (Å²) in [5.41, 5.74) is -8.18. The van der Waals surface area contributed by atoms with Crippen LogP contribution in [0.4, 0.5) is 39.5 Å². The second kappa shape index (κ2) is 11.6. The van der Waals surface area contributed by atoms with E-state index in [9.17, 15) is 53.0 Å². The predicted molar refractivity (Wildman–Crippen MR) is 143 cm³/mol. The molecule has 5 rings (SSSR count). The van der Waals surface area contributed by atoms with E-state index in [0.717, 1.165) is 42.5 Å². The highest BCUT2D eigenvalue weighted by atomic mass is 32.2. The van der Waals surface area contributed by atoms with Gasteiger partial charge in [0.1, 0.15) is 22.2 Å². The quantitative estimate of drug-likeness (QED) is 0.195. The molecular formula is C31H27F9O4S. The van der Waals surface area contributed by atoms with E-state index in [1.807, 2.05) is 0 Å². The van der Waals surface area contributed by atoms with Gasteiger partial charge in [0, 0.05) is 11.1 Å². The van der Waals surface area contributed by atoms with E-state index in [-0.39, 0.29) is 36.1 Å². The highest BCUT2D eigenvalue weighted by Crippen LogP contribution is 2.57. The maximum atomic E-state index is 14.8. The molecule has 0 radical (unpaired) electrons. The first-order chi connectivity index (χ1) is 20.9. The number of benzene rings is 3. The largest absolute Gasteiger partial charge is 0.430 e. The zero-order valence-electron chi connectivity index (χ0n) is 23.4. The number of halogens is 9. The molecule has 2 aliphatic carbocycles. The van der Waals surface area contributed by atoms with Gasteiger partial charge < -0.3 is 9.84 Å². The molecule has 0 saturated heterocycles. The monoisotopic (exact) mass is 666 g/mol. The van der Waals surface area contributed by atoms with Crippen LogP contribution in [-0.2, 0) is 31.5 Å². The summed E-state index contributed by atoms with van der Waals surface area (Å²) in [5, 5.41) is 10.4. The van der Waals surface area contributed by atoms with Crippen LogP contribution in [0.25, 0.3) is 0 Å². The first-order valence-electron chi connectivity index (χ1n) is 14.0. The molecule has 3 aromatic carbocycles. The van der Waals surface area contributed by atoms with Crippen LogP contribution in [0.15, 0.2) is 65.6 Å². The van der Waals surface area contributed by atoms with Crippen LogP contribution < -0.4 is 0 Å². The van der Waals surface area contributed by atoms with Crippen LogP contribution >= 0.6 is 0 Å². The van der Waals surface area contributed by atoms with Crippen LogP contribution in [0.5, 0.6) is 0 Å². The zero-order valence-corrected chi connectivity index (χ0v) is 24.2. The van der Waals surface area contributed by atoms with Crippen molar-refractivity contribution >= 4 is 9.84 Å². The molecule has 2 saturated carbocycles. The molecule has 0 amide bonds. The van der Waals surface area contributed by atoms with E-state index in [2.05, 4.69) is 4.74 Å². The smallest absolute Gasteiger partial charge is 0.393 e.